The van der Waals surface area contributed by atoms with Crippen LogP contribution in [0, 0.1) is 5.82 Å². The Kier molecular flexibility index (Phi) is 5.90. The molecule has 2 aromatic carbocycles. The van der Waals surface area contributed by atoms with Gasteiger partial charge in [0.2, 0.25) is 5.91 Å². The molecule has 3 rings (SSSR count). The molecule has 0 saturated carbocycles. The van der Waals surface area contributed by atoms with E-state index in [1.165, 1.54) is 6.07 Å². The lowest BCUT2D eigenvalue weighted by Crippen LogP contribution is -2.50. The van der Waals surface area contributed by atoms with E-state index < -0.39 is 6.10 Å². The Balaban J connectivity index is 1.60. The maximum Gasteiger partial charge on any atom is 0.262 e. The average Bonchev–Trinajstić information content (AvgIpc) is 2.68. The fourth-order valence-corrected chi connectivity index (χ4v) is 3.02. The van der Waals surface area contributed by atoms with Crippen molar-refractivity contribution in [2.24, 2.45) is 0 Å². The van der Waals surface area contributed by atoms with Gasteiger partial charge in [-0.05, 0) is 30.2 Å². The van der Waals surface area contributed by atoms with Crippen LogP contribution < -0.4 is 20.3 Å². The van der Waals surface area contributed by atoms with E-state index >= 15 is 0 Å². The van der Waals surface area contributed by atoms with Crippen LogP contribution in [0.2, 0.25) is 0 Å². The highest BCUT2D eigenvalue weighted by Crippen LogP contribution is 2.32. The Labute approximate surface area is 157 Å². The van der Waals surface area contributed by atoms with Gasteiger partial charge in [-0.1, -0.05) is 30.3 Å². The zero-order chi connectivity index (χ0) is 19.2. The molecule has 0 fully saturated rings. The fourth-order valence-electron chi connectivity index (χ4n) is 3.02. The molecule has 2 N–H and O–H groups in total. The summed E-state index contributed by atoms with van der Waals surface area (Å²) in [6.07, 6.45) is -0.269. The molecule has 142 valence electrons. The number of hydrogen-bond donors (Lipinski definition) is 2. The minimum Gasteiger partial charge on any atom is -0.477 e. The van der Waals surface area contributed by atoms with Gasteiger partial charge in [-0.3, -0.25) is 9.59 Å². The third-order valence-electron chi connectivity index (χ3n) is 4.41. The van der Waals surface area contributed by atoms with Gasteiger partial charge in [0.25, 0.3) is 5.91 Å². The second kappa shape index (κ2) is 8.53. The number of amides is 2. The van der Waals surface area contributed by atoms with Crippen molar-refractivity contribution in [3.63, 3.8) is 0 Å². The summed E-state index contributed by atoms with van der Waals surface area (Å²) < 4.78 is 19.4. The summed E-state index contributed by atoms with van der Waals surface area (Å²) in [4.78, 5) is 26.1. The summed E-state index contributed by atoms with van der Waals surface area (Å²) >= 11 is 0. The Morgan fingerprint density at radius 3 is 2.70 bits per heavy atom. The number of nitrogens with zero attached hydrogens (tertiary/aromatic N) is 1. The molecule has 0 saturated heterocycles. The first-order valence-electron chi connectivity index (χ1n) is 8.81. The molecule has 1 aliphatic rings. The smallest absolute Gasteiger partial charge is 0.262 e. The second-order valence-corrected chi connectivity index (χ2v) is 6.26. The van der Waals surface area contributed by atoms with Gasteiger partial charge in [0, 0.05) is 13.6 Å². The number of carbonyl (C=O) groups is 2. The van der Waals surface area contributed by atoms with Gasteiger partial charge in [-0.25, -0.2) is 4.39 Å². The van der Waals surface area contributed by atoms with Crippen LogP contribution in [0.4, 0.5) is 10.1 Å². The number of benzene rings is 2. The van der Waals surface area contributed by atoms with Crippen LogP contribution in [-0.2, 0) is 16.0 Å². The van der Waals surface area contributed by atoms with E-state index in [-0.39, 0.29) is 30.7 Å². The summed E-state index contributed by atoms with van der Waals surface area (Å²) in [6.45, 7) is 0.702. The number of carbonyl (C=O) groups excluding carboxylic acids is 2. The first-order chi connectivity index (χ1) is 13.1. The van der Waals surface area contributed by atoms with Crippen molar-refractivity contribution in [3.8, 4) is 5.75 Å². The second-order valence-electron chi connectivity index (χ2n) is 6.26. The number of para-hydroxylation sites is 2. The lowest BCUT2D eigenvalue weighted by Gasteiger charge is -2.35. The highest BCUT2D eigenvalue weighted by molar-refractivity contribution is 5.86. The molecule has 0 bridgehead atoms. The molecule has 7 heteroatoms. The number of likely N-dealkylation sites (N-methyl/N-ethyl adjacent to an activating group) is 1. The van der Waals surface area contributed by atoms with Crippen LogP contribution in [0.5, 0.6) is 5.75 Å². The first kappa shape index (κ1) is 18.7. The molecule has 6 nitrogen and oxygen atoms in total. The predicted molar refractivity (Wildman–Crippen MR) is 100 cm³/mol. The van der Waals surface area contributed by atoms with E-state index in [1.54, 1.807) is 31.3 Å². The molecular formula is C20H22FN3O3. The summed E-state index contributed by atoms with van der Waals surface area (Å²) in [5.41, 5.74) is 1.33. The summed E-state index contributed by atoms with van der Waals surface area (Å²) in [7, 11) is 1.55. The monoisotopic (exact) mass is 371 g/mol. The van der Waals surface area contributed by atoms with Crippen molar-refractivity contribution >= 4 is 17.5 Å². The van der Waals surface area contributed by atoms with Crippen molar-refractivity contribution in [1.29, 1.82) is 0 Å². The number of ether oxygens (including phenoxy) is 1. The van der Waals surface area contributed by atoms with Crippen LogP contribution in [-0.4, -0.2) is 44.6 Å². The molecule has 2 aromatic rings. The molecule has 0 aliphatic carbocycles. The largest absolute Gasteiger partial charge is 0.477 e. The molecule has 1 aliphatic heterocycles. The number of anilines is 1. The molecule has 0 aromatic heterocycles. The average molecular weight is 371 g/mol. The van der Waals surface area contributed by atoms with E-state index in [9.17, 15) is 14.0 Å². The van der Waals surface area contributed by atoms with Gasteiger partial charge < -0.3 is 20.3 Å². The lowest BCUT2D eigenvalue weighted by molar-refractivity contribution is -0.127. The Morgan fingerprint density at radius 1 is 1.19 bits per heavy atom. The van der Waals surface area contributed by atoms with Gasteiger partial charge in [0.15, 0.2) is 6.10 Å². The van der Waals surface area contributed by atoms with Crippen molar-refractivity contribution in [2.75, 3.05) is 31.6 Å². The molecule has 0 radical (unpaired) electrons. The van der Waals surface area contributed by atoms with Crippen LogP contribution in [0.25, 0.3) is 0 Å². The van der Waals surface area contributed by atoms with Crippen molar-refractivity contribution in [1.82, 2.24) is 10.6 Å². The van der Waals surface area contributed by atoms with Gasteiger partial charge >= 0.3 is 0 Å². The zero-order valence-corrected chi connectivity index (χ0v) is 15.1. The molecule has 27 heavy (non-hydrogen) atoms. The highest BCUT2D eigenvalue weighted by atomic mass is 19.1. The van der Waals surface area contributed by atoms with Crippen molar-refractivity contribution in [2.45, 2.75) is 12.5 Å². The maximum absolute atomic E-state index is 13.6. The summed E-state index contributed by atoms with van der Waals surface area (Å²) in [6, 6.07) is 13.8. The van der Waals surface area contributed by atoms with Gasteiger partial charge in [-0.2, -0.15) is 0 Å². The number of nitrogens with one attached hydrogen (secondary N) is 2. The predicted octanol–water partition coefficient (Wildman–Crippen LogP) is 1.50. The van der Waals surface area contributed by atoms with E-state index in [0.717, 1.165) is 5.69 Å². The van der Waals surface area contributed by atoms with Crippen LogP contribution in [0.3, 0.4) is 0 Å². The SMILES string of the molecule is CNC(=O)[C@H]1CN(CC(=O)NCCc2ccccc2F)c2ccccc2O1. The van der Waals surface area contributed by atoms with Gasteiger partial charge in [-0.15, -0.1) is 0 Å². The van der Waals surface area contributed by atoms with Crippen molar-refractivity contribution in [3.05, 3.63) is 59.9 Å². The lowest BCUT2D eigenvalue weighted by atomic mass is 10.1. The third-order valence-corrected chi connectivity index (χ3v) is 4.41. The Morgan fingerprint density at radius 2 is 1.93 bits per heavy atom. The summed E-state index contributed by atoms with van der Waals surface area (Å²) in [5.74, 6) is -0.146. The molecule has 0 unspecified atom stereocenters. The Hall–Kier alpha value is -3.09. The number of rotatable bonds is 6. The van der Waals surface area contributed by atoms with E-state index in [2.05, 4.69) is 10.6 Å². The van der Waals surface area contributed by atoms with E-state index in [0.29, 0.717) is 24.3 Å². The van der Waals surface area contributed by atoms with Crippen LogP contribution in [0.1, 0.15) is 5.56 Å². The van der Waals surface area contributed by atoms with Gasteiger partial charge in [0.05, 0.1) is 18.8 Å². The number of halogens is 1. The minimum atomic E-state index is -0.684. The summed E-state index contributed by atoms with van der Waals surface area (Å²) in [5, 5.41) is 5.38. The topological polar surface area (TPSA) is 70.7 Å². The number of hydrogen-bond acceptors (Lipinski definition) is 4. The van der Waals surface area contributed by atoms with Gasteiger partial charge in [0.1, 0.15) is 11.6 Å². The molecule has 2 amide bonds. The normalized spacial score (nSPS) is 15.5. The van der Waals surface area contributed by atoms with Crippen LogP contribution >= 0.6 is 0 Å². The van der Waals surface area contributed by atoms with Crippen LogP contribution in [0.15, 0.2) is 48.5 Å². The quantitative estimate of drug-likeness (QED) is 0.807. The maximum atomic E-state index is 13.6. The molecular weight excluding hydrogens is 349 g/mol. The fraction of sp³-hybridized carbons (Fsp3) is 0.300. The molecule has 1 atom stereocenters. The zero-order valence-electron chi connectivity index (χ0n) is 15.1. The minimum absolute atomic E-state index is 0.0884. The third kappa shape index (κ3) is 4.55. The number of fused-ring (bicyclic) bond motifs is 1. The standard InChI is InChI=1S/C20H22FN3O3/c1-22-20(26)18-12-24(16-8-4-5-9-17(16)27-18)13-19(25)23-11-10-14-6-2-3-7-15(14)21/h2-9,18H,10-13H2,1H3,(H,22,26)(H,23,25)/t18-/m1/s1. The Bertz CT molecular complexity index is 828. The van der Waals surface area contributed by atoms with Crippen molar-refractivity contribution < 1.29 is 18.7 Å². The molecule has 0 spiro atoms. The molecule has 1 heterocycles. The first-order valence-corrected chi connectivity index (χ1v) is 8.81. The van der Waals surface area contributed by atoms with E-state index in [4.69, 9.17) is 4.74 Å². The highest BCUT2D eigenvalue weighted by Gasteiger charge is 2.30. The van der Waals surface area contributed by atoms with E-state index in [1.807, 2.05) is 23.1 Å².